The Labute approximate surface area is 189 Å². The van der Waals surface area contributed by atoms with E-state index in [1.807, 2.05) is 0 Å². The molecule has 3 amide bonds. The van der Waals surface area contributed by atoms with Crippen molar-refractivity contribution in [2.45, 2.75) is 0 Å². The molecule has 0 aromatic heterocycles. The molecule has 1 aliphatic heterocycles. The average Bonchev–Trinajstić information content (AvgIpc) is 3.04. The molecule has 0 saturated carbocycles. The van der Waals surface area contributed by atoms with E-state index in [2.05, 4.69) is 21.2 Å². The van der Waals surface area contributed by atoms with E-state index in [4.69, 9.17) is 4.74 Å². The standard InChI is InChI=1S/C23H14BrFN2O5/c24-14-8-9-19(18(25)11-14)26-20(28)12-32-23(31)13-4-3-5-15(10-13)27-21(29)16-6-1-2-7-17(16)22(27)30/h1-11H,12H2,(H,26,28). The number of ether oxygens (including phenoxy) is 1. The lowest BCUT2D eigenvalue weighted by molar-refractivity contribution is -0.119. The van der Waals surface area contributed by atoms with Gasteiger partial charge < -0.3 is 10.1 Å². The number of imide groups is 1. The van der Waals surface area contributed by atoms with Gasteiger partial charge in [-0.05, 0) is 48.5 Å². The van der Waals surface area contributed by atoms with Gasteiger partial charge >= 0.3 is 5.97 Å². The molecule has 0 spiro atoms. The number of anilines is 2. The summed E-state index contributed by atoms with van der Waals surface area (Å²) in [6, 6.07) is 16.3. The second kappa shape index (κ2) is 8.72. The Bertz CT molecular complexity index is 1240. The van der Waals surface area contributed by atoms with Crippen LogP contribution in [0, 0.1) is 5.82 Å². The number of halogens is 2. The van der Waals surface area contributed by atoms with Crippen LogP contribution >= 0.6 is 15.9 Å². The number of esters is 1. The highest BCUT2D eigenvalue weighted by Crippen LogP contribution is 2.29. The van der Waals surface area contributed by atoms with Crippen LogP contribution in [-0.4, -0.2) is 30.3 Å². The van der Waals surface area contributed by atoms with Gasteiger partial charge in [0.15, 0.2) is 6.61 Å². The Hall–Kier alpha value is -3.85. The summed E-state index contributed by atoms with van der Waals surface area (Å²) >= 11 is 3.12. The minimum atomic E-state index is -0.838. The average molecular weight is 497 g/mol. The maximum atomic E-state index is 13.8. The van der Waals surface area contributed by atoms with Gasteiger partial charge in [0.2, 0.25) is 0 Å². The Morgan fingerprint density at radius 1 is 0.938 bits per heavy atom. The first-order valence-corrected chi connectivity index (χ1v) is 10.1. The number of hydrogen-bond acceptors (Lipinski definition) is 5. The van der Waals surface area contributed by atoms with Crippen LogP contribution < -0.4 is 10.2 Å². The van der Waals surface area contributed by atoms with Gasteiger partial charge in [-0.2, -0.15) is 0 Å². The third-order valence-electron chi connectivity index (χ3n) is 4.67. The number of rotatable bonds is 5. The molecule has 4 rings (SSSR count). The molecule has 160 valence electrons. The van der Waals surface area contributed by atoms with Crippen molar-refractivity contribution in [3.63, 3.8) is 0 Å². The molecule has 1 heterocycles. The van der Waals surface area contributed by atoms with Crippen molar-refractivity contribution < 1.29 is 28.3 Å². The summed E-state index contributed by atoms with van der Waals surface area (Å²) in [6.07, 6.45) is 0. The van der Waals surface area contributed by atoms with Crippen LogP contribution in [-0.2, 0) is 9.53 Å². The summed E-state index contributed by atoms with van der Waals surface area (Å²) in [5.41, 5.74) is 0.750. The Balaban J connectivity index is 1.43. The van der Waals surface area contributed by atoms with E-state index in [9.17, 15) is 23.6 Å². The largest absolute Gasteiger partial charge is 0.452 e. The Morgan fingerprint density at radius 3 is 2.28 bits per heavy atom. The number of fused-ring (bicyclic) bond motifs is 1. The fourth-order valence-electron chi connectivity index (χ4n) is 3.19. The molecule has 0 radical (unpaired) electrons. The summed E-state index contributed by atoms with van der Waals surface area (Å²) in [7, 11) is 0. The topological polar surface area (TPSA) is 92.8 Å². The van der Waals surface area contributed by atoms with Gasteiger partial charge in [0.1, 0.15) is 5.82 Å². The van der Waals surface area contributed by atoms with E-state index in [1.165, 1.54) is 36.4 Å². The molecule has 0 atom stereocenters. The predicted molar refractivity (Wildman–Crippen MR) is 117 cm³/mol. The molecule has 0 saturated heterocycles. The van der Waals surface area contributed by atoms with Gasteiger partial charge in [-0.15, -0.1) is 0 Å². The van der Waals surface area contributed by atoms with Gasteiger partial charge in [-0.1, -0.05) is 34.1 Å². The van der Waals surface area contributed by atoms with Crippen LogP contribution in [0.25, 0.3) is 0 Å². The van der Waals surface area contributed by atoms with Crippen molar-refractivity contribution in [2.24, 2.45) is 0 Å². The van der Waals surface area contributed by atoms with Crippen LogP contribution in [0.3, 0.4) is 0 Å². The number of amides is 3. The fraction of sp³-hybridized carbons (Fsp3) is 0.0435. The van der Waals surface area contributed by atoms with Gasteiger partial charge in [-0.3, -0.25) is 14.4 Å². The summed E-state index contributed by atoms with van der Waals surface area (Å²) in [5.74, 6) is -3.20. The quantitative estimate of drug-likeness (QED) is 0.422. The molecule has 32 heavy (non-hydrogen) atoms. The molecule has 3 aromatic rings. The van der Waals surface area contributed by atoms with Crippen molar-refractivity contribution in [1.29, 1.82) is 0 Å². The third-order valence-corrected chi connectivity index (χ3v) is 5.17. The number of nitrogens with zero attached hydrogens (tertiary/aromatic N) is 1. The zero-order chi connectivity index (χ0) is 22.8. The van der Waals surface area contributed by atoms with Gasteiger partial charge in [-0.25, -0.2) is 14.1 Å². The molecule has 0 bridgehead atoms. The minimum absolute atomic E-state index is 0.0432. The van der Waals surface area contributed by atoms with Gasteiger partial charge in [0.25, 0.3) is 17.7 Å². The molecule has 0 fully saturated rings. The summed E-state index contributed by atoms with van der Waals surface area (Å²) in [6.45, 7) is -0.647. The number of carbonyl (C=O) groups excluding carboxylic acids is 4. The molecule has 7 nitrogen and oxygen atoms in total. The van der Waals surface area contributed by atoms with E-state index in [0.29, 0.717) is 4.47 Å². The van der Waals surface area contributed by atoms with Gasteiger partial charge in [0.05, 0.1) is 28.1 Å². The number of benzene rings is 3. The molecule has 0 unspecified atom stereocenters. The van der Waals surface area contributed by atoms with E-state index in [-0.39, 0.29) is 28.1 Å². The van der Waals surface area contributed by atoms with E-state index in [1.54, 1.807) is 30.3 Å². The van der Waals surface area contributed by atoms with E-state index in [0.717, 1.165) is 4.90 Å². The number of carbonyl (C=O) groups is 4. The molecule has 3 aromatic carbocycles. The number of nitrogens with one attached hydrogen (secondary N) is 1. The molecule has 1 aliphatic rings. The first-order chi connectivity index (χ1) is 15.3. The zero-order valence-electron chi connectivity index (χ0n) is 16.3. The molecular formula is C23H14BrFN2O5. The van der Waals surface area contributed by atoms with Gasteiger partial charge in [0, 0.05) is 4.47 Å². The Kier molecular flexibility index (Phi) is 5.83. The third kappa shape index (κ3) is 4.15. The first kappa shape index (κ1) is 21.4. The van der Waals surface area contributed by atoms with Crippen molar-refractivity contribution in [3.8, 4) is 0 Å². The lowest BCUT2D eigenvalue weighted by Gasteiger charge is -2.15. The lowest BCUT2D eigenvalue weighted by atomic mass is 10.1. The molecule has 0 aliphatic carbocycles. The SMILES string of the molecule is O=C(COC(=O)c1cccc(N2C(=O)c3ccccc3C2=O)c1)Nc1ccc(Br)cc1F. The zero-order valence-corrected chi connectivity index (χ0v) is 17.9. The maximum Gasteiger partial charge on any atom is 0.338 e. The summed E-state index contributed by atoms with van der Waals surface area (Å²) in [4.78, 5) is 50.6. The van der Waals surface area contributed by atoms with Crippen LogP contribution in [0.5, 0.6) is 0 Å². The predicted octanol–water partition coefficient (Wildman–Crippen LogP) is 4.18. The number of hydrogen-bond donors (Lipinski definition) is 1. The molecule has 1 N–H and O–H groups in total. The highest BCUT2D eigenvalue weighted by atomic mass is 79.9. The maximum absolute atomic E-state index is 13.8. The second-order valence-electron chi connectivity index (χ2n) is 6.79. The minimum Gasteiger partial charge on any atom is -0.452 e. The molecule has 9 heteroatoms. The van der Waals surface area contributed by atoms with Crippen LogP contribution in [0.4, 0.5) is 15.8 Å². The van der Waals surface area contributed by atoms with E-state index >= 15 is 0 Å². The smallest absolute Gasteiger partial charge is 0.338 e. The first-order valence-electron chi connectivity index (χ1n) is 9.35. The van der Waals surface area contributed by atoms with Crippen LogP contribution in [0.15, 0.2) is 71.2 Å². The normalized spacial score (nSPS) is 12.5. The highest BCUT2D eigenvalue weighted by molar-refractivity contribution is 9.10. The van der Waals surface area contributed by atoms with Crippen molar-refractivity contribution in [3.05, 3.63) is 93.7 Å². The summed E-state index contributed by atoms with van der Waals surface area (Å²) in [5, 5.41) is 2.31. The van der Waals surface area contributed by atoms with Crippen LogP contribution in [0.2, 0.25) is 0 Å². The van der Waals surface area contributed by atoms with E-state index < -0.39 is 36.1 Å². The molecular weight excluding hydrogens is 483 g/mol. The van der Waals surface area contributed by atoms with Crippen molar-refractivity contribution in [2.75, 3.05) is 16.8 Å². The lowest BCUT2D eigenvalue weighted by Crippen LogP contribution is -2.29. The highest BCUT2D eigenvalue weighted by Gasteiger charge is 2.36. The fourth-order valence-corrected chi connectivity index (χ4v) is 3.52. The second-order valence-corrected chi connectivity index (χ2v) is 7.71. The van der Waals surface area contributed by atoms with Crippen molar-refractivity contribution in [1.82, 2.24) is 0 Å². The van der Waals surface area contributed by atoms with Crippen molar-refractivity contribution >= 4 is 51.0 Å². The monoisotopic (exact) mass is 496 g/mol. The summed E-state index contributed by atoms with van der Waals surface area (Å²) < 4.78 is 19.3. The van der Waals surface area contributed by atoms with Crippen LogP contribution in [0.1, 0.15) is 31.1 Å². The Morgan fingerprint density at radius 2 is 1.62 bits per heavy atom.